The minimum absolute atomic E-state index is 0.348. The van der Waals surface area contributed by atoms with Gasteiger partial charge in [-0.3, -0.25) is 0 Å². The Kier molecular flexibility index (Phi) is 3.73. The van der Waals surface area contributed by atoms with E-state index in [-0.39, 0.29) is 0 Å². The molecule has 4 nitrogen and oxygen atoms in total. The molecule has 1 saturated carbocycles. The predicted octanol–water partition coefficient (Wildman–Crippen LogP) is 3.24. The Hall–Kier alpha value is -1.32. The predicted molar refractivity (Wildman–Crippen MR) is 76.1 cm³/mol. The molecule has 100 valence electrons. The van der Waals surface area contributed by atoms with E-state index >= 15 is 0 Å². The van der Waals surface area contributed by atoms with Crippen LogP contribution in [-0.4, -0.2) is 23.1 Å². The molecule has 0 aliphatic heterocycles. The van der Waals surface area contributed by atoms with Gasteiger partial charge in [-0.15, -0.1) is 0 Å². The smallest absolute Gasteiger partial charge is 0.135 e. The summed E-state index contributed by atoms with van der Waals surface area (Å²) in [4.78, 5) is 9.10. The topological polar surface area (TPSA) is 49.8 Å². The standard InChI is InChI=1S/C14H24N4/c1-5-15-11-8-12(16-9-14(4)6-7-14)18-13(17-11)10(2)3/h8,10H,5-7,9H2,1-4H3,(H2,15,16,17,18). The van der Waals surface area contributed by atoms with Gasteiger partial charge in [-0.2, -0.15) is 0 Å². The van der Waals surface area contributed by atoms with E-state index in [1.165, 1.54) is 12.8 Å². The van der Waals surface area contributed by atoms with E-state index in [1.807, 2.05) is 6.07 Å². The molecule has 0 unspecified atom stereocenters. The fraction of sp³-hybridized carbons (Fsp3) is 0.714. The molecule has 0 aromatic carbocycles. The van der Waals surface area contributed by atoms with Crippen molar-refractivity contribution in [2.45, 2.75) is 46.5 Å². The Labute approximate surface area is 110 Å². The van der Waals surface area contributed by atoms with Gasteiger partial charge < -0.3 is 10.6 Å². The largest absolute Gasteiger partial charge is 0.370 e. The quantitative estimate of drug-likeness (QED) is 0.811. The zero-order valence-corrected chi connectivity index (χ0v) is 11.9. The highest BCUT2D eigenvalue weighted by atomic mass is 15.1. The third-order valence-corrected chi connectivity index (χ3v) is 3.42. The first-order chi connectivity index (χ1) is 8.52. The van der Waals surface area contributed by atoms with Gasteiger partial charge in [-0.1, -0.05) is 20.8 Å². The van der Waals surface area contributed by atoms with E-state index in [2.05, 4.69) is 48.3 Å². The molecular weight excluding hydrogens is 224 g/mol. The monoisotopic (exact) mass is 248 g/mol. The number of rotatable bonds is 6. The number of anilines is 2. The van der Waals surface area contributed by atoms with E-state index in [0.717, 1.165) is 30.5 Å². The van der Waals surface area contributed by atoms with Crippen LogP contribution >= 0.6 is 0 Å². The van der Waals surface area contributed by atoms with Crippen LogP contribution in [0.2, 0.25) is 0 Å². The van der Waals surface area contributed by atoms with Crippen molar-refractivity contribution in [1.29, 1.82) is 0 Å². The van der Waals surface area contributed by atoms with Crippen LogP contribution in [-0.2, 0) is 0 Å². The van der Waals surface area contributed by atoms with Crippen molar-refractivity contribution in [3.8, 4) is 0 Å². The van der Waals surface area contributed by atoms with Crippen molar-refractivity contribution in [2.75, 3.05) is 23.7 Å². The zero-order valence-electron chi connectivity index (χ0n) is 11.9. The fourth-order valence-corrected chi connectivity index (χ4v) is 1.78. The lowest BCUT2D eigenvalue weighted by molar-refractivity contribution is 0.608. The lowest BCUT2D eigenvalue weighted by Crippen LogP contribution is -2.14. The van der Waals surface area contributed by atoms with Gasteiger partial charge >= 0.3 is 0 Å². The molecule has 1 aliphatic carbocycles. The van der Waals surface area contributed by atoms with E-state index in [1.54, 1.807) is 0 Å². The second kappa shape index (κ2) is 5.12. The van der Waals surface area contributed by atoms with Gasteiger partial charge in [0.05, 0.1) is 0 Å². The van der Waals surface area contributed by atoms with Crippen molar-refractivity contribution in [1.82, 2.24) is 9.97 Å². The highest BCUT2D eigenvalue weighted by Gasteiger charge is 2.36. The average molecular weight is 248 g/mol. The summed E-state index contributed by atoms with van der Waals surface area (Å²) in [6, 6.07) is 2.00. The van der Waals surface area contributed by atoms with E-state index < -0.39 is 0 Å². The molecule has 0 spiro atoms. The third kappa shape index (κ3) is 3.34. The first-order valence-electron chi connectivity index (χ1n) is 6.89. The summed E-state index contributed by atoms with van der Waals surface area (Å²) >= 11 is 0. The molecule has 1 heterocycles. The molecule has 1 aliphatic rings. The number of aromatic nitrogens is 2. The zero-order chi connectivity index (χ0) is 13.2. The van der Waals surface area contributed by atoms with Crippen molar-refractivity contribution >= 4 is 11.6 Å². The Bertz CT molecular complexity index is 410. The summed E-state index contributed by atoms with van der Waals surface area (Å²) in [5.74, 6) is 3.11. The van der Waals surface area contributed by atoms with Crippen LogP contribution in [0, 0.1) is 5.41 Å². The van der Waals surface area contributed by atoms with Crippen molar-refractivity contribution in [2.24, 2.45) is 5.41 Å². The van der Waals surface area contributed by atoms with Crippen LogP contribution in [0.5, 0.6) is 0 Å². The van der Waals surface area contributed by atoms with E-state index in [9.17, 15) is 0 Å². The average Bonchev–Trinajstić information content (AvgIpc) is 3.06. The molecule has 0 saturated heterocycles. The van der Waals surface area contributed by atoms with Crippen LogP contribution in [0.15, 0.2) is 6.07 Å². The summed E-state index contributed by atoms with van der Waals surface area (Å²) in [6.45, 7) is 10.5. The summed E-state index contributed by atoms with van der Waals surface area (Å²) in [6.07, 6.45) is 2.64. The molecule has 2 N–H and O–H groups in total. The van der Waals surface area contributed by atoms with Crippen LogP contribution < -0.4 is 10.6 Å². The number of nitrogens with zero attached hydrogens (tertiary/aromatic N) is 2. The molecule has 1 aromatic rings. The van der Waals surface area contributed by atoms with Gasteiger partial charge in [-0.05, 0) is 25.2 Å². The van der Waals surface area contributed by atoms with Gasteiger partial charge in [0.25, 0.3) is 0 Å². The highest BCUT2D eigenvalue weighted by Crippen LogP contribution is 2.44. The first kappa shape index (κ1) is 13.1. The number of hydrogen-bond donors (Lipinski definition) is 2. The first-order valence-corrected chi connectivity index (χ1v) is 6.89. The molecule has 1 fully saturated rings. The van der Waals surface area contributed by atoms with Gasteiger partial charge in [0.1, 0.15) is 17.5 Å². The fourth-order valence-electron chi connectivity index (χ4n) is 1.78. The summed E-state index contributed by atoms with van der Waals surface area (Å²) in [5, 5.41) is 6.71. The molecule has 0 bridgehead atoms. The molecular formula is C14H24N4. The van der Waals surface area contributed by atoms with Crippen molar-refractivity contribution < 1.29 is 0 Å². The van der Waals surface area contributed by atoms with Crippen molar-refractivity contribution in [3.63, 3.8) is 0 Å². The second-order valence-corrected chi connectivity index (χ2v) is 5.85. The summed E-state index contributed by atoms with van der Waals surface area (Å²) in [7, 11) is 0. The van der Waals surface area contributed by atoms with Crippen LogP contribution in [0.25, 0.3) is 0 Å². The van der Waals surface area contributed by atoms with Crippen molar-refractivity contribution in [3.05, 3.63) is 11.9 Å². The molecule has 0 amide bonds. The molecule has 18 heavy (non-hydrogen) atoms. The molecule has 0 atom stereocenters. The highest BCUT2D eigenvalue weighted by molar-refractivity contribution is 5.48. The van der Waals surface area contributed by atoms with Gasteiger partial charge in [0, 0.05) is 25.1 Å². The maximum Gasteiger partial charge on any atom is 0.135 e. The van der Waals surface area contributed by atoms with Gasteiger partial charge in [0.15, 0.2) is 0 Å². The minimum atomic E-state index is 0.348. The SMILES string of the molecule is CCNc1cc(NCC2(C)CC2)nc(C(C)C)n1. The summed E-state index contributed by atoms with van der Waals surface area (Å²) < 4.78 is 0. The molecule has 2 rings (SSSR count). The molecule has 0 radical (unpaired) electrons. The maximum absolute atomic E-state index is 4.58. The Balaban J connectivity index is 2.11. The minimum Gasteiger partial charge on any atom is -0.370 e. The number of hydrogen-bond acceptors (Lipinski definition) is 4. The lowest BCUT2D eigenvalue weighted by Gasteiger charge is -2.14. The molecule has 4 heteroatoms. The third-order valence-electron chi connectivity index (χ3n) is 3.42. The van der Waals surface area contributed by atoms with Crippen LogP contribution in [0.3, 0.4) is 0 Å². The second-order valence-electron chi connectivity index (χ2n) is 5.85. The Morgan fingerprint density at radius 2 is 1.83 bits per heavy atom. The molecule has 1 aromatic heterocycles. The van der Waals surface area contributed by atoms with Gasteiger partial charge in [-0.25, -0.2) is 9.97 Å². The maximum atomic E-state index is 4.58. The van der Waals surface area contributed by atoms with Crippen LogP contribution in [0.1, 0.15) is 52.3 Å². The Morgan fingerprint density at radius 1 is 1.22 bits per heavy atom. The van der Waals surface area contributed by atoms with Gasteiger partial charge in [0.2, 0.25) is 0 Å². The van der Waals surface area contributed by atoms with E-state index in [4.69, 9.17) is 0 Å². The normalized spacial score (nSPS) is 16.7. The summed E-state index contributed by atoms with van der Waals surface area (Å²) in [5.41, 5.74) is 0.487. The Morgan fingerprint density at radius 3 is 2.33 bits per heavy atom. The van der Waals surface area contributed by atoms with Crippen LogP contribution in [0.4, 0.5) is 11.6 Å². The lowest BCUT2D eigenvalue weighted by atomic mass is 10.1. The number of nitrogens with one attached hydrogen (secondary N) is 2. The van der Waals surface area contributed by atoms with E-state index in [0.29, 0.717) is 11.3 Å².